The molecule has 130 valence electrons. The van der Waals surface area contributed by atoms with Gasteiger partial charge in [0.15, 0.2) is 0 Å². The number of likely N-dealkylation sites (tertiary alicyclic amines) is 1. The summed E-state index contributed by atoms with van der Waals surface area (Å²) in [5.41, 5.74) is 1.35. The smallest absolute Gasteiger partial charge is 0.0566 e. The minimum Gasteiger partial charge on any atom is -0.393 e. The molecule has 3 atom stereocenters. The van der Waals surface area contributed by atoms with E-state index in [0.717, 1.165) is 32.6 Å². The molecule has 2 N–H and O–H groups in total. The van der Waals surface area contributed by atoms with Gasteiger partial charge in [-0.2, -0.15) is 0 Å². The van der Waals surface area contributed by atoms with Crippen molar-refractivity contribution in [2.45, 2.75) is 58.7 Å². The van der Waals surface area contributed by atoms with Gasteiger partial charge < -0.3 is 15.3 Å². The number of hydrogen-bond acceptors (Lipinski definition) is 3. The zero-order valence-electron chi connectivity index (χ0n) is 15.0. The Hall–Kier alpha value is -0.900. The lowest BCUT2D eigenvalue weighted by Gasteiger charge is -2.39. The summed E-state index contributed by atoms with van der Waals surface area (Å²) in [6, 6.07) is 11.2. The summed E-state index contributed by atoms with van der Waals surface area (Å²) in [5.74, 6) is 0.952. The molecule has 1 heterocycles. The highest BCUT2D eigenvalue weighted by molar-refractivity contribution is 5.14. The van der Waals surface area contributed by atoms with Crippen LogP contribution in [0.5, 0.6) is 0 Å². The van der Waals surface area contributed by atoms with Crippen molar-refractivity contribution in [3.05, 3.63) is 35.9 Å². The molecule has 3 heteroatoms. The first kappa shape index (κ1) is 18.4. The lowest BCUT2D eigenvalue weighted by Crippen LogP contribution is -2.49. The maximum Gasteiger partial charge on any atom is 0.0566 e. The van der Waals surface area contributed by atoms with Gasteiger partial charge in [0.2, 0.25) is 0 Å². The van der Waals surface area contributed by atoms with Crippen molar-refractivity contribution in [2.75, 3.05) is 19.6 Å². The molecule has 1 aromatic carbocycles. The molecule has 0 radical (unpaired) electrons. The van der Waals surface area contributed by atoms with Gasteiger partial charge in [0, 0.05) is 25.7 Å². The Balaban J connectivity index is 1.89. The van der Waals surface area contributed by atoms with E-state index in [1.807, 2.05) is 0 Å². The monoisotopic (exact) mass is 318 g/mol. The lowest BCUT2D eigenvalue weighted by molar-refractivity contribution is 0.0615. The number of nitrogens with zero attached hydrogens (tertiary/aromatic N) is 1. The van der Waals surface area contributed by atoms with Gasteiger partial charge in [0.05, 0.1) is 6.10 Å². The van der Waals surface area contributed by atoms with Crippen molar-refractivity contribution in [3.8, 4) is 0 Å². The number of nitrogens with one attached hydrogen (secondary N) is 1. The molecule has 3 unspecified atom stereocenters. The Kier molecular flexibility index (Phi) is 7.54. The number of aliphatic hydroxyl groups is 1. The van der Waals surface area contributed by atoms with Gasteiger partial charge in [-0.05, 0) is 43.2 Å². The molecule has 0 spiro atoms. The van der Waals surface area contributed by atoms with Gasteiger partial charge in [-0.25, -0.2) is 0 Å². The van der Waals surface area contributed by atoms with Crippen LogP contribution in [-0.2, 0) is 6.54 Å². The molecule has 2 rings (SSSR count). The standard InChI is InChI=1S/C20H34N2O/c1-4-10-22-14-18(12-20(23)16(2)3)11-19(15-22)21-13-17-8-6-5-7-9-17/h5-9,16,18-21,23H,4,10-15H2,1-3H3. The van der Waals surface area contributed by atoms with Crippen LogP contribution in [0, 0.1) is 11.8 Å². The molecule has 0 aromatic heterocycles. The number of piperidine rings is 1. The fraction of sp³-hybridized carbons (Fsp3) is 0.700. The minimum absolute atomic E-state index is 0.170. The van der Waals surface area contributed by atoms with Crippen molar-refractivity contribution in [1.82, 2.24) is 10.2 Å². The second kappa shape index (κ2) is 9.41. The van der Waals surface area contributed by atoms with Crippen molar-refractivity contribution in [3.63, 3.8) is 0 Å². The summed E-state index contributed by atoms with van der Waals surface area (Å²) >= 11 is 0. The van der Waals surface area contributed by atoms with Crippen LogP contribution in [0.1, 0.15) is 45.6 Å². The number of aliphatic hydroxyl groups excluding tert-OH is 1. The van der Waals surface area contributed by atoms with Gasteiger partial charge in [0.25, 0.3) is 0 Å². The SMILES string of the molecule is CCCN1CC(CC(O)C(C)C)CC(NCc2ccccc2)C1. The van der Waals surface area contributed by atoms with Crippen LogP contribution in [-0.4, -0.2) is 41.8 Å². The fourth-order valence-corrected chi connectivity index (χ4v) is 3.59. The summed E-state index contributed by atoms with van der Waals surface area (Å²) in [6.07, 6.45) is 3.14. The van der Waals surface area contributed by atoms with E-state index in [1.54, 1.807) is 0 Å². The first-order valence-electron chi connectivity index (χ1n) is 9.26. The maximum absolute atomic E-state index is 10.3. The quantitative estimate of drug-likeness (QED) is 0.772. The molecule has 23 heavy (non-hydrogen) atoms. The molecule has 0 aliphatic carbocycles. The predicted octanol–water partition coefficient (Wildman–Crippen LogP) is 3.28. The molecule has 1 saturated heterocycles. The van der Waals surface area contributed by atoms with Crippen LogP contribution in [0.4, 0.5) is 0 Å². The van der Waals surface area contributed by atoms with Crippen molar-refractivity contribution >= 4 is 0 Å². The Morgan fingerprint density at radius 1 is 1.22 bits per heavy atom. The molecule has 1 aromatic rings. The zero-order valence-corrected chi connectivity index (χ0v) is 15.0. The second-order valence-corrected chi connectivity index (χ2v) is 7.47. The average Bonchev–Trinajstić information content (AvgIpc) is 2.54. The van der Waals surface area contributed by atoms with Crippen molar-refractivity contribution < 1.29 is 5.11 Å². The van der Waals surface area contributed by atoms with Gasteiger partial charge >= 0.3 is 0 Å². The largest absolute Gasteiger partial charge is 0.393 e. The highest BCUT2D eigenvalue weighted by Gasteiger charge is 2.28. The van der Waals surface area contributed by atoms with Gasteiger partial charge in [-0.1, -0.05) is 51.1 Å². The van der Waals surface area contributed by atoms with E-state index in [4.69, 9.17) is 0 Å². The summed E-state index contributed by atoms with van der Waals surface area (Å²) in [7, 11) is 0. The van der Waals surface area contributed by atoms with E-state index in [0.29, 0.717) is 17.9 Å². The summed E-state index contributed by atoms with van der Waals surface area (Å²) in [5, 5.41) is 14.0. The Morgan fingerprint density at radius 2 is 1.96 bits per heavy atom. The number of hydrogen-bond donors (Lipinski definition) is 2. The zero-order chi connectivity index (χ0) is 16.7. The second-order valence-electron chi connectivity index (χ2n) is 7.47. The third-order valence-corrected chi connectivity index (χ3v) is 4.93. The Morgan fingerprint density at radius 3 is 2.61 bits per heavy atom. The summed E-state index contributed by atoms with van der Waals surface area (Å²) < 4.78 is 0. The Bertz CT molecular complexity index is 435. The van der Waals surface area contributed by atoms with E-state index in [-0.39, 0.29) is 6.10 Å². The molecular weight excluding hydrogens is 284 g/mol. The molecule has 0 amide bonds. The topological polar surface area (TPSA) is 35.5 Å². The third kappa shape index (κ3) is 6.25. The van der Waals surface area contributed by atoms with Gasteiger partial charge in [0.1, 0.15) is 0 Å². The van der Waals surface area contributed by atoms with Crippen LogP contribution in [0.25, 0.3) is 0 Å². The molecule has 1 aliphatic heterocycles. The third-order valence-electron chi connectivity index (χ3n) is 4.93. The van der Waals surface area contributed by atoms with E-state index in [9.17, 15) is 5.11 Å². The first-order valence-corrected chi connectivity index (χ1v) is 9.26. The normalized spacial score (nSPS) is 24.0. The van der Waals surface area contributed by atoms with Crippen LogP contribution < -0.4 is 5.32 Å². The van der Waals surface area contributed by atoms with E-state index >= 15 is 0 Å². The summed E-state index contributed by atoms with van der Waals surface area (Å²) in [4.78, 5) is 2.57. The minimum atomic E-state index is -0.170. The van der Waals surface area contributed by atoms with E-state index in [1.165, 1.54) is 18.4 Å². The highest BCUT2D eigenvalue weighted by atomic mass is 16.3. The van der Waals surface area contributed by atoms with Crippen LogP contribution in [0.2, 0.25) is 0 Å². The fourth-order valence-electron chi connectivity index (χ4n) is 3.59. The predicted molar refractivity (Wildman–Crippen MR) is 97.4 cm³/mol. The van der Waals surface area contributed by atoms with E-state index in [2.05, 4.69) is 61.3 Å². The van der Waals surface area contributed by atoms with E-state index < -0.39 is 0 Å². The average molecular weight is 319 g/mol. The molecule has 3 nitrogen and oxygen atoms in total. The van der Waals surface area contributed by atoms with Crippen LogP contribution in [0.3, 0.4) is 0 Å². The Labute approximate surface area is 142 Å². The lowest BCUT2D eigenvalue weighted by atomic mass is 9.86. The molecular formula is C20H34N2O. The maximum atomic E-state index is 10.3. The van der Waals surface area contributed by atoms with Crippen molar-refractivity contribution in [2.24, 2.45) is 11.8 Å². The summed E-state index contributed by atoms with van der Waals surface area (Å²) in [6.45, 7) is 10.8. The molecule has 1 aliphatic rings. The van der Waals surface area contributed by atoms with Crippen LogP contribution >= 0.6 is 0 Å². The first-order chi connectivity index (χ1) is 11.1. The van der Waals surface area contributed by atoms with Crippen LogP contribution in [0.15, 0.2) is 30.3 Å². The highest BCUT2D eigenvalue weighted by Crippen LogP contribution is 2.24. The molecule has 1 fully saturated rings. The van der Waals surface area contributed by atoms with Gasteiger partial charge in [-0.3, -0.25) is 0 Å². The molecule has 0 bridgehead atoms. The molecule has 0 saturated carbocycles. The van der Waals surface area contributed by atoms with Crippen molar-refractivity contribution in [1.29, 1.82) is 0 Å². The van der Waals surface area contributed by atoms with Gasteiger partial charge in [-0.15, -0.1) is 0 Å². The number of rotatable bonds is 8. The number of benzene rings is 1.